The summed E-state index contributed by atoms with van der Waals surface area (Å²) >= 11 is 0. The zero-order valence-electron chi connectivity index (χ0n) is 16.8. The lowest BCUT2D eigenvalue weighted by atomic mass is 9.77. The second-order valence-electron chi connectivity index (χ2n) is 8.09. The summed E-state index contributed by atoms with van der Waals surface area (Å²) in [5.41, 5.74) is 2.97. The number of rotatable bonds is 7. The molecule has 0 heterocycles. The van der Waals surface area contributed by atoms with E-state index in [9.17, 15) is 17.6 Å². The van der Waals surface area contributed by atoms with Crippen molar-refractivity contribution in [3.8, 4) is 5.75 Å². The highest BCUT2D eigenvalue weighted by Gasteiger charge is 2.32. The molecule has 1 aliphatic rings. The van der Waals surface area contributed by atoms with Crippen molar-refractivity contribution in [3.63, 3.8) is 0 Å². The van der Waals surface area contributed by atoms with Gasteiger partial charge in [0.1, 0.15) is 0 Å². The van der Waals surface area contributed by atoms with E-state index < -0.39 is 17.9 Å². The van der Waals surface area contributed by atoms with Crippen molar-refractivity contribution >= 4 is 0 Å². The molecule has 0 amide bonds. The van der Waals surface area contributed by atoms with Gasteiger partial charge in [-0.05, 0) is 72.8 Å². The van der Waals surface area contributed by atoms with Crippen LogP contribution < -0.4 is 4.74 Å². The summed E-state index contributed by atoms with van der Waals surface area (Å²) in [4.78, 5) is 0. The fourth-order valence-electron chi connectivity index (χ4n) is 4.28. The van der Waals surface area contributed by atoms with Crippen LogP contribution in [0.5, 0.6) is 5.75 Å². The van der Waals surface area contributed by atoms with Crippen LogP contribution in [0.3, 0.4) is 0 Å². The van der Waals surface area contributed by atoms with Gasteiger partial charge in [-0.15, -0.1) is 13.2 Å². The molecule has 5 heteroatoms. The number of hydrogen-bond donors (Lipinski definition) is 0. The molecule has 0 aliphatic heterocycles. The fourth-order valence-corrected chi connectivity index (χ4v) is 4.28. The molecular formula is C24H28F4O. The van der Waals surface area contributed by atoms with Gasteiger partial charge in [0.05, 0.1) is 0 Å². The molecule has 3 rings (SSSR count). The van der Waals surface area contributed by atoms with E-state index in [0.29, 0.717) is 17.9 Å². The first-order valence-electron chi connectivity index (χ1n) is 10.5. The van der Waals surface area contributed by atoms with E-state index in [0.717, 1.165) is 23.6 Å². The minimum Gasteiger partial charge on any atom is -0.403 e. The highest BCUT2D eigenvalue weighted by Crippen LogP contribution is 2.37. The largest absolute Gasteiger partial charge is 0.573 e. The molecule has 0 unspecified atom stereocenters. The molecule has 0 atom stereocenters. The van der Waals surface area contributed by atoms with Crippen LogP contribution in [-0.2, 0) is 6.42 Å². The van der Waals surface area contributed by atoms with E-state index in [2.05, 4.69) is 23.8 Å². The Bertz CT molecular complexity index is 774. The average molecular weight is 408 g/mol. The lowest BCUT2D eigenvalue weighted by Gasteiger charge is -2.29. The Morgan fingerprint density at radius 2 is 1.59 bits per heavy atom. The van der Waals surface area contributed by atoms with Crippen molar-refractivity contribution < 1.29 is 22.3 Å². The normalized spacial score (nSPS) is 19.9. The van der Waals surface area contributed by atoms with Gasteiger partial charge in [0.25, 0.3) is 0 Å². The molecule has 1 aliphatic carbocycles. The van der Waals surface area contributed by atoms with Crippen molar-refractivity contribution in [2.24, 2.45) is 5.92 Å². The van der Waals surface area contributed by atoms with E-state index in [-0.39, 0.29) is 0 Å². The van der Waals surface area contributed by atoms with Gasteiger partial charge in [0.15, 0.2) is 11.6 Å². The number of benzene rings is 2. The average Bonchev–Trinajstić information content (AvgIpc) is 2.69. The maximum atomic E-state index is 13.9. The third-order valence-corrected chi connectivity index (χ3v) is 5.89. The Labute approximate surface area is 170 Å². The first-order chi connectivity index (χ1) is 13.8. The van der Waals surface area contributed by atoms with Gasteiger partial charge in [-0.25, -0.2) is 4.39 Å². The third-order valence-electron chi connectivity index (χ3n) is 5.89. The van der Waals surface area contributed by atoms with Crippen molar-refractivity contribution in [2.45, 2.75) is 70.6 Å². The molecule has 1 nitrogen and oxygen atoms in total. The minimum absolute atomic E-state index is 0.466. The first-order valence-corrected chi connectivity index (χ1v) is 10.5. The predicted molar refractivity (Wildman–Crippen MR) is 107 cm³/mol. The maximum Gasteiger partial charge on any atom is 0.573 e. The number of hydrogen-bond acceptors (Lipinski definition) is 1. The number of halogens is 4. The Morgan fingerprint density at radius 3 is 2.17 bits per heavy atom. The van der Waals surface area contributed by atoms with Crippen molar-refractivity contribution in [2.75, 3.05) is 0 Å². The summed E-state index contributed by atoms with van der Waals surface area (Å²) in [5, 5.41) is 0. The summed E-state index contributed by atoms with van der Waals surface area (Å²) < 4.78 is 54.3. The molecule has 29 heavy (non-hydrogen) atoms. The van der Waals surface area contributed by atoms with Gasteiger partial charge in [0.2, 0.25) is 0 Å². The monoisotopic (exact) mass is 408 g/mol. The zero-order valence-corrected chi connectivity index (χ0v) is 16.8. The van der Waals surface area contributed by atoms with Crippen LogP contribution in [0.2, 0.25) is 0 Å². The molecule has 0 aromatic heterocycles. The van der Waals surface area contributed by atoms with Gasteiger partial charge in [0, 0.05) is 0 Å². The minimum atomic E-state index is -4.90. The Hall–Kier alpha value is -2.04. The highest BCUT2D eigenvalue weighted by molar-refractivity contribution is 5.34. The summed E-state index contributed by atoms with van der Waals surface area (Å²) in [7, 11) is 0. The summed E-state index contributed by atoms with van der Waals surface area (Å²) in [6.07, 6.45) is 4.60. The van der Waals surface area contributed by atoms with E-state index in [1.165, 1.54) is 56.6 Å². The van der Waals surface area contributed by atoms with Crippen LogP contribution in [0, 0.1) is 11.7 Å². The molecule has 158 valence electrons. The van der Waals surface area contributed by atoms with Crippen molar-refractivity contribution in [1.82, 2.24) is 0 Å². The van der Waals surface area contributed by atoms with Gasteiger partial charge in [-0.2, -0.15) is 0 Å². The lowest BCUT2D eigenvalue weighted by Crippen LogP contribution is -2.18. The SMILES string of the molecule is CCCCC1CCC(c2ccc(Cc3ccc(OC(F)(F)F)c(F)c3)cc2)CC1. The number of ether oxygens (including phenoxy) is 1. The molecule has 2 aromatic rings. The third kappa shape index (κ3) is 6.48. The topological polar surface area (TPSA) is 9.23 Å². The molecule has 0 N–H and O–H groups in total. The molecule has 0 radical (unpaired) electrons. The Kier molecular flexibility index (Phi) is 7.20. The predicted octanol–water partition coefficient (Wildman–Crippen LogP) is 7.78. The van der Waals surface area contributed by atoms with Crippen LogP contribution in [0.1, 0.15) is 74.5 Å². The maximum absolute atomic E-state index is 13.9. The molecule has 0 bridgehead atoms. The molecule has 0 saturated heterocycles. The second kappa shape index (κ2) is 9.64. The lowest BCUT2D eigenvalue weighted by molar-refractivity contribution is -0.275. The highest BCUT2D eigenvalue weighted by atomic mass is 19.4. The van der Waals surface area contributed by atoms with Crippen molar-refractivity contribution in [1.29, 1.82) is 0 Å². The van der Waals surface area contributed by atoms with E-state index in [1.54, 1.807) is 0 Å². The van der Waals surface area contributed by atoms with Crippen LogP contribution in [0.25, 0.3) is 0 Å². The van der Waals surface area contributed by atoms with Crippen LogP contribution in [0.4, 0.5) is 17.6 Å². The van der Waals surface area contributed by atoms with Gasteiger partial charge < -0.3 is 4.74 Å². The van der Waals surface area contributed by atoms with Gasteiger partial charge >= 0.3 is 6.36 Å². The van der Waals surface area contributed by atoms with Crippen LogP contribution >= 0.6 is 0 Å². The summed E-state index contributed by atoms with van der Waals surface area (Å²) in [6, 6.07) is 12.0. The van der Waals surface area contributed by atoms with Gasteiger partial charge in [-0.1, -0.05) is 56.5 Å². The molecule has 1 fully saturated rings. The summed E-state index contributed by atoms with van der Waals surface area (Å²) in [6.45, 7) is 2.24. The Balaban J connectivity index is 1.56. The van der Waals surface area contributed by atoms with Crippen LogP contribution in [0.15, 0.2) is 42.5 Å². The smallest absolute Gasteiger partial charge is 0.403 e. The van der Waals surface area contributed by atoms with E-state index in [4.69, 9.17) is 0 Å². The Morgan fingerprint density at radius 1 is 0.931 bits per heavy atom. The zero-order chi connectivity index (χ0) is 20.9. The standard InChI is InChI=1S/C24H28F4O/c1-2-3-4-17-5-10-20(11-6-17)21-12-7-18(8-13-21)15-19-9-14-23(22(25)16-19)29-24(26,27)28/h7-9,12-14,16-17,20H,2-6,10-11,15H2,1H3. The molecular weight excluding hydrogens is 380 g/mol. The molecule has 1 saturated carbocycles. The van der Waals surface area contributed by atoms with Crippen LogP contribution in [-0.4, -0.2) is 6.36 Å². The van der Waals surface area contributed by atoms with E-state index >= 15 is 0 Å². The van der Waals surface area contributed by atoms with Gasteiger partial charge in [-0.3, -0.25) is 0 Å². The summed E-state index contributed by atoms with van der Waals surface area (Å²) in [5.74, 6) is -0.315. The molecule has 0 spiro atoms. The van der Waals surface area contributed by atoms with Crippen molar-refractivity contribution in [3.05, 3.63) is 65.0 Å². The second-order valence-corrected chi connectivity index (χ2v) is 8.09. The quantitative estimate of drug-likeness (QED) is 0.425. The molecule has 2 aromatic carbocycles. The number of unbranched alkanes of at least 4 members (excludes halogenated alkanes) is 1. The van der Waals surface area contributed by atoms with E-state index in [1.807, 2.05) is 12.1 Å². The first kappa shape index (κ1) is 21.7. The fraction of sp³-hybridized carbons (Fsp3) is 0.500. The number of alkyl halides is 3.